The highest BCUT2D eigenvalue weighted by atomic mass is 32.1. The van der Waals surface area contributed by atoms with Gasteiger partial charge in [-0.05, 0) is 13.8 Å². The Hall–Kier alpha value is -1.64. The Balaban J connectivity index is 3.05. The van der Waals surface area contributed by atoms with Crippen LogP contribution in [0.2, 0.25) is 0 Å². The SMILES string of the molecule is CCN(CC)c1cnn(CC(C(N)=S)C(F)(F)F)c(=O)c1. The van der Waals surface area contributed by atoms with E-state index in [2.05, 4.69) is 17.3 Å². The van der Waals surface area contributed by atoms with E-state index in [9.17, 15) is 18.0 Å². The molecule has 0 aliphatic heterocycles. The highest BCUT2D eigenvalue weighted by Crippen LogP contribution is 2.27. The molecular weight excluding hydrogens is 305 g/mol. The summed E-state index contributed by atoms with van der Waals surface area (Å²) in [5, 5.41) is 3.78. The standard InChI is InChI=1S/C12H17F3N4OS/c1-3-18(4-2)8-5-10(20)19(17-6-8)7-9(11(16)21)12(13,14)15/h5-6,9H,3-4,7H2,1-2H3,(H2,16,21). The molecule has 0 fully saturated rings. The van der Waals surface area contributed by atoms with Crippen LogP contribution in [-0.2, 0) is 6.54 Å². The lowest BCUT2D eigenvalue weighted by Gasteiger charge is -2.22. The van der Waals surface area contributed by atoms with Crippen LogP contribution in [0.3, 0.4) is 0 Å². The first-order valence-electron chi connectivity index (χ1n) is 6.38. The molecule has 9 heteroatoms. The van der Waals surface area contributed by atoms with Crippen LogP contribution in [0, 0.1) is 5.92 Å². The highest BCUT2D eigenvalue weighted by Gasteiger charge is 2.42. The van der Waals surface area contributed by atoms with Crippen molar-refractivity contribution in [3.8, 4) is 0 Å². The minimum absolute atomic E-state index is 0.570. The van der Waals surface area contributed by atoms with E-state index in [-0.39, 0.29) is 0 Å². The third-order valence-corrected chi connectivity index (χ3v) is 3.36. The fourth-order valence-electron chi connectivity index (χ4n) is 1.85. The molecule has 1 rings (SSSR count). The van der Waals surface area contributed by atoms with Crippen LogP contribution >= 0.6 is 12.2 Å². The second-order valence-electron chi connectivity index (χ2n) is 4.40. The molecule has 1 aromatic heterocycles. The van der Waals surface area contributed by atoms with E-state index >= 15 is 0 Å². The van der Waals surface area contributed by atoms with E-state index in [4.69, 9.17) is 5.73 Å². The lowest BCUT2D eigenvalue weighted by atomic mass is 10.1. The van der Waals surface area contributed by atoms with E-state index < -0.39 is 29.2 Å². The predicted octanol–water partition coefficient (Wildman–Crippen LogP) is 1.55. The lowest BCUT2D eigenvalue weighted by molar-refractivity contribution is -0.158. The zero-order valence-electron chi connectivity index (χ0n) is 11.7. The van der Waals surface area contributed by atoms with E-state index in [1.54, 1.807) is 0 Å². The maximum Gasteiger partial charge on any atom is 0.399 e. The van der Waals surface area contributed by atoms with Crippen LogP contribution in [-0.4, -0.2) is 34.0 Å². The number of rotatable bonds is 6. The monoisotopic (exact) mass is 322 g/mol. The maximum absolute atomic E-state index is 12.8. The Morgan fingerprint density at radius 2 is 2.05 bits per heavy atom. The molecule has 0 amide bonds. The summed E-state index contributed by atoms with van der Waals surface area (Å²) in [6.45, 7) is 4.43. The summed E-state index contributed by atoms with van der Waals surface area (Å²) in [5.74, 6) is -2.07. The van der Waals surface area contributed by atoms with Crippen molar-refractivity contribution < 1.29 is 13.2 Å². The van der Waals surface area contributed by atoms with E-state index in [0.717, 1.165) is 4.68 Å². The summed E-state index contributed by atoms with van der Waals surface area (Å²) in [5.41, 5.74) is 5.05. The number of anilines is 1. The average Bonchev–Trinajstić information content (AvgIpc) is 2.37. The smallest absolute Gasteiger partial charge is 0.393 e. The normalized spacial score (nSPS) is 13.0. The van der Waals surface area contributed by atoms with Crippen molar-refractivity contribution in [2.24, 2.45) is 11.7 Å². The van der Waals surface area contributed by atoms with E-state index in [1.807, 2.05) is 18.7 Å². The number of aromatic nitrogens is 2. The molecule has 0 spiro atoms. The van der Waals surface area contributed by atoms with E-state index in [0.29, 0.717) is 18.8 Å². The molecule has 0 bridgehead atoms. The summed E-state index contributed by atoms with van der Waals surface area (Å²) in [6, 6.07) is 1.26. The molecule has 118 valence electrons. The van der Waals surface area contributed by atoms with Gasteiger partial charge in [-0.3, -0.25) is 4.79 Å². The quantitative estimate of drug-likeness (QED) is 0.805. The van der Waals surface area contributed by atoms with Gasteiger partial charge in [0, 0.05) is 19.2 Å². The van der Waals surface area contributed by atoms with Crippen LogP contribution in [0.25, 0.3) is 0 Å². The van der Waals surface area contributed by atoms with Gasteiger partial charge in [-0.2, -0.15) is 18.3 Å². The molecule has 0 saturated carbocycles. The fourth-order valence-corrected chi connectivity index (χ4v) is 2.06. The van der Waals surface area contributed by atoms with Crippen molar-refractivity contribution in [1.29, 1.82) is 0 Å². The second-order valence-corrected chi connectivity index (χ2v) is 4.87. The molecule has 0 radical (unpaired) electrons. The molecule has 1 atom stereocenters. The third kappa shape index (κ3) is 4.42. The van der Waals surface area contributed by atoms with Gasteiger partial charge >= 0.3 is 6.18 Å². The zero-order chi connectivity index (χ0) is 16.2. The zero-order valence-corrected chi connectivity index (χ0v) is 12.5. The number of hydrogen-bond donors (Lipinski definition) is 1. The highest BCUT2D eigenvalue weighted by molar-refractivity contribution is 7.80. The molecule has 1 aromatic rings. The first-order valence-corrected chi connectivity index (χ1v) is 6.79. The van der Waals surface area contributed by atoms with Crippen LogP contribution in [0.4, 0.5) is 18.9 Å². The van der Waals surface area contributed by atoms with Gasteiger partial charge in [-0.15, -0.1) is 0 Å². The van der Waals surface area contributed by atoms with Gasteiger partial charge in [-0.1, -0.05) is 12.2 Å². The van der Waals surface area contributed by atoms with Gasteiger partial charge in [0.25, 0.3) is 5.56 Å². The van der Waals surface area contributed by atoms with Gasteiger partial charge in [0.1, 0.15) is 5.92 Å². The lowest BCUT2D eigenvalue weighted by Crippen LogP contribution is -2.40. The third-order valence-electron chi connectivity index (χ3n) is 3.08. The van der Waals surface area contributed by atoms with Crippen molar-refractivity contribution >= 4 is 22.9 Å². The summed E-state index contributed by atoms with van der Waals surface area (Å²) in [4.78, 5) is 13.0. The van der Waals surface area contributed by atoms with Gasteiger partial charge in [0.05, 0.1) is 23.4 Å². The van der Waals surface area contributed by atoms with Crippen LogP contribution in [0.15, 0.2) is 17.1 Å². The molecule has 0 aliphatic carbocycles. The summed E-state index contributed by atoms with van der Waals surface area (Å²) < 4.78 is 39.1. The number of nitrogens with two attached hydrogens (primary N) is 1. The van der Waals surface area contributed by atoms with Crippen LogP contribution < -0.4 is 16.2 Å². The molecule has 1 unspecified atom stereocenters. The Kier molecular flexibility index (Phi) is 5.70. The summed E-state index contributed by atoms with van der Waals surface area (Å²) in [7, 11) is 0. The molecule has 1 heterocycles. The summed E-state index contributed by atoms with van der Waals surface area (Å²) >= 11 is 4.42. The number of hydrogen-bond acceptors (Lipinski definition) is 4. The minimum Gasteiger partial charge on any atom is -0.393 e. The Morgan fingerprint density at radius 1 is 1.48 bits per heavy atom. The van der Waals surface area contributed by atoms with Crippen molar-refractivity contribution in [2.75, 3.05) is 18.0 Å². The molecule has 5 nitrogen and oxygen atoms in total. The average molecular weight is 322 g/mol. The van der Waals surface area contributed by atoms with Crippen LogP contribution in [0.1, 0.15) is 13.8 Å². The number of alkyl halides is 3. The van der Waals surface area contributed by atoms with Gasteiger partial charge in [0.2, 0.25) is 0 Å². The van der Waals surface area contributed by atoms with Crippen molar-refractivity contribution in [3.05, 3.63) is 22.6 Å². The minimum atomic E-state index is -4.61. The number of thiocarbonyl (C=S) groups is 1. The maximum atomic E-state index is 12.8. The van der Waals surface area contributed by atoms with Crippen molar-refractivity contribution in [1.82, 2.24) is 9.78 Å². The largest absolute Gasteiger partial charge is 0.399 e. The Morgan fingerprint density at radius 3 is 2.43 bits per heavy atom. The molecule has 0 saturated heterocycles. The Bertz CT molecular complexity index is 554. The molecule has 21 heavy (non-hydrogen) atoms. The van der Waals surface area contributed by atoms with Crippen LogP contribution in [0.5, 0.6) is 0 Å². The Labute approximate surface area is 125 Å². The van der Waals surface area contributed by atoms with Gasteiger partial charge < -0.3 is 10.6 Å². The molecular formula is C12H17F3N4OS. The van der Waals surface area contributed by atoms with Gasteiger partial charge in [0.15, 0.2) is 0 Å². The van der Waals surface area contributed by atoms with Crippen molar-refractivity contribution in [3.63, 3.8) is 0 Å². The molecule has 0 aliphatic rings. The van der Waals surface area contributed by atoms with Gasteiger partial charge in [-0.25, -0.2) is 4.68 Å². The number of nitrogens with zero attached hydrogens (tertiary/aromatic N) is 3. The van der Waals surface area contributed by atoms with Crippen molar-refractivity contribution in [2.45, 2.75) is 26.6 Å². The first-order chi connectivity index (χ1) is 9.70. The summed E-state index contributed by atoms with van der Waals surface area (Å²) in [6.07, 6.45) is -3.24. The molecule has 2 N–H and O–H groups in total. The topological polar surface area (TPSA) is 64.2 Å². The fraction of sp³-hybridized carbons (Fsp3) is 0.583. The first kappa shape index (κ1) is 17.4. The predicted molar refractivity (Wildman–Crippen MR) is 78.4 cm³/mol. The number of halogens is 3. The molecule has 0 aromatic carbocycles. The van der Waals surface area contributed by atoms with E-state index in [1.165, 1.54) is 12.3 Å². The second kappa shape index (κ2) is 6.88.